The number of nitrogens with one attached hydrogen (secondary N) is 2. The molecule has 1 fully saturated rings. The Balaban J connectivity index is 1.32. The number of ketones is 1. The van der Waals surface area contributed by atoms with E-state index in [-0.39, 0.29) is 30.6 Å². The molecule has 2 heterocycles. The van der Waals surface area contributed by atoms with Crippen LogP contribution >= 0.6 is 0 Å². The highest BCUT2D eigenvalue weighted by atomic mass is 16.2. The van der Waals surface area contributed by atoms with Gasteiger partial charge in [-0.25, -0.2) is 0 Å². The fraction of sp³-hybridized carbons (Fsp3) is 0.481. The van der Waals surface area contributed by atoms with Crippen LogP contribution < -0.4 is 10.6 Å². The molecule has 4 rings (SSSR count). The quantitative estimate of drug-likeness (QED) is 0.647. The Morgan fingerprint density at radius 3 is 2.56 bits per heavy atom. The molecule has 2 aliphatic rings. The average molecular weight is 434 g/mol. The lowest BCUT2D eigenvalue weighted by molar-refractivity contribution is -0.131. The van der Waals surface area contributed by atoms with Gasteiger partial charge in [-0.3, -0.25) is 9.59 Å². The monoisotopic (exact) mass is 433 g/mol. The first-order valence-corrected chi connectivity index (χ1v) is 12.0. The van der Waals surface area contributed by atoms with E-state index in [1.54, 1.807) is 0 Å². The zero-order valence-corrected chi connectivity index (χ0v) is 19.4. The largest absolute Gasteiger partial charge is 0.383 e. The number of nitrogens with zero attached hydrogens (tertiary/aromatic N) is 1. The number of likely N-dealkylation sites (tertiary alicyclic amines) is 1. The average Bonchev–Trinajstić information content (AvgIpc) is 3.13. The first-order chi connectivity index (χ1) is 15.5. The van der Waals surface area contributed by atoms with Crippen molar-refractivity contribution in [3.63, 3.8) is 0 Å². The lowest BCUT2D eigenvalue weighted by Gasteiger charge is -2.26. The van der Waals surface area contributed by atoms with Gasteiger partial charge in [0.25, 0.3) is 0 Å². The molecule has 2 aromatic carbocycles. The van der Waals surface area contributed by atoms with Crippen LogP contribution in [0.2, 0.25) is 0 Å². The summed E-state index contributed by atoms with van der Waals surface area (Å²) in [5.74, 6) is 0.172. The van der Waals surface area contributed by atoms with Gasteiger partial charge in [0.1, 0.15) is 0 Å². The number of para-hydroxylation sites is 1. The van der Waals surface area contributed by atoms with E-state index >= 15 is 0 Å². The van der Waals surface area contributed by atoms with Crippen molar-refractivity contribution in [3.8, 4) is 0 Å². The molecule has 0 aromatic heterocycles. The Hall–Kier alpha value is -2.66. The lowest BCUT2D eigenvalue weighted by Crippen LogP contribution is -2.39. The molecule has 170 valence electrons. The molecular weight excluding hydrogens is 398 g/mol. The van der Waals surface area contributed by atoms with Gasteiger partial charge in [0.15, 0.2) is 5.78 Å². The maximum absolute atomic E-state index is 13.0. The van der Waals surface area contributed by atoms with Crippen molar-refractivity contribution in [2.45, 2.75) is 58.4 Å². The van der Waals surface area contributed by atoms with Crippen molar-refractivity contribution in [2.75, 3.05) is 31.5 Å². The van der Waals surface area contributed by atoms with Crippen LogP contribution in [0.25, 0.3) is 0 Å². The minimum absolute atomic E-state index is 0.0720. The van der Waals surface area contributed by atoms with Gasteiger partial charge in [0.05, 0.1) is 0 Å². The molecule has 2 N–H and O–H groups in total. The number of fused-ring (bicyclic) bond motifs is 1. The zero-order valence-electron chi connectivity index (χ0n) is 19.4. The van der Waals surface area contributed by atoms with Crippen molar-refractivity contribution in [2.24, 2.45) is 0 Å². The molecule has 1 amide bonds. The molecule has 32 heavy (non-hydrogen) atoms. The molecule has 0 saturated carbocycles. The fourth-order valence-electron chi connectivity index (χ4n) is 5.04. The number of anilines is 1. The highest BCUT2D eigenvalue weighted by Gasteiger charge is 2.28. The van der Waals surface area contributed by atoms with Gasteiger partial charge >= 0.3 is 0 Å². The third-order valence-corrected chi connectivity index (χ3v) is 6.93. The van der Waals surface area contributed by atoms with Crippen LogP contribution in [0.3, 0.4) is 0 Å². The number of aryl methyl sites for hydroxylation is 2. The summed E-state index contributed by atoms with van der Waals surface area (Å²) < 4.78 is 0. The van der Waals surface area contributed by atoms with E-state index in [9.17, 15) is 9.59 Å². The predicted octanol–water partition coefficient (Wildman–Crippen LogP) is 4.06. The summed E-state index contributed by atoms with van der Waals surface area (Å²) in [5.41, 5.74) is 6.96. The maximum Gasteiger partial charge on any atom is 0.223 e. The summed E-state index contributed by atoms with van der Waals surface area (Å²) in [4.78, 5) is 27.7. The van der Waals surface area contributed by atoms with Gasteiger partial charge < -0.3 is 15.5 Å². The molecule has 0 bridgehead atoms. The molecule has 2 aromatic rings. The second kappa shape index (κ2) is 10.3. The number of carbonyl (C=O) groups is 2. The van der Waals surface area contributed by atoms with Crippen LogP contribution in [0.15, 0.2) is 36.4 Å². The van der Waals surface area contributed by atoms with Crippen molar-refractivity contribution >= 4 is 17.4 Å². The van der Waals surface area contributed by atoms with E-state index in [1.807, 2.05) is 17.0 Å². The van der Waals surface area contributed by atoms with E-state index in [4.69, 9.17) is 0 Å². The van der Waals surface area contributed by atoms with E-state index in [1.165, 1.54) is 27.9 Å². The Labute approximate surface area is 191 Å². The molecule has 1 atom stereocenters. The number of amides is 1. The van der Waals surface area contributed by atoms with Crippen LogP contribution in [0.1, 0.15) is 58.3 Å². The van der Waals surface area contributed by atoms with E-state index in [2.05, 4.69) is 48.7 Å². The molecule has 0 radical (unpaired) electrons. The standard InChI is InChI=1S/C27H35N3O2/c1-19-5-3-6-20(2)27(19)29-18-24-7-4-16-30(24)26(32)11-10-25(31)23-9-8-21-12-14-28-15-13-22(21)17-23/h3,5-6,8-9,17,24,28-29H,4,7,10-16,18H2,1-2H3/t24-/m0/s1. The second-order valence-corrected chi connectivity index (χ2v) is 9.19. The van der Waals surface area contributed by atoms with Crippen LogP contribution in [0.4, 0.5) is 5.69 Å². The summed E-state index contributed by atoms with van der Waals surface area (Å²) >= 11 is 0. The third kappa shape index (κ3) is 5.21. The number of carbonyl (C=O) groups excluding carboxylic acids is 2. The Kier molecular flexibility index (Phi) is 7.26. The lowest BCUT2D eigenvalue weighted by atomic mass is 9.97. The van der Waals surface area contributed by atoms with Crippen LogP contribution in [0.5, 0.6) is 0 Å². The zero-order chi connectivity index (χ0) is 22.5. The molecule has 0 spiro atoms. The number of benzene rings is 2. The highest BCUT2D eigenvalue weighted by Crippen LogP contribution is 2.24. The Bertz CT molecular complexity index is 965. The minimum atomic E-state index is 0.0720. The van der Waals surface area contributed by atoms with Crippen molar-refractivity contribution in [3.05, 3.63) is 64.2 Å². The number of Topliss-reactive ketones (excluding diaryl/α,β-unsaturated/α-hetero) is 1. The van der Waals surface area contributed by atoms with Gasteiger partial charge in [-0.05, 0) is 80.9 Å². The summed E-state index contributed by atoms with van der Waals surface area (Å²) in [5, 5.41) is 6.97. The number of rotatable bonds is 7. The number of hydrogen-bond acceptors (Lipinski definition) is 4. The van der Waals surface area contributed by atoms with Crippen molar-refractivity contribution in [1.82, 2.24) is 10.2 Å². The topological polar surface area (TPSA) is 61.4 Å². The first-order valence-electron chi connectivity index (χ1n) is 12.0. The van der Waals surface area contributed by atoms with E-state index < -0.39 is 0 Å². The number of hydrogen-bond donors (Lipinski definition) is 2. The summed E-state index contributed by atoms with van der Waals surface area (Å²) in [6.07, 6.45) is 4.57. The van der Waals surface area contributed by atoms with Crippen LogP contribution in [-0.4, -0.2) is 48.8 Å². The smallest absolute Gasteiger partial charge is 0.223 e. The predicted molar refractivity (Wildman–Crippen MR) is 129 cm³/mol. The van der Waals surface area contributed by atoms with Gasteiger partial charge in [-0.2, -0.15) is 0 Å². The first kappa shape index (κ1) is 22.5. The highest BCUT2D eigenvalue weighted by molar-refractivity contribution is 5.98. The fourth-order valence-corrected chi connectivity index (χ4v) is 5.04. The SMILES string of the molecule is Cc1cccc(C)c1NC[C@@H]1CCCN1C(=O)CCC(=O)c1ccc2c(c1)CCNCC2. The summed E-state index contributed by atoms with van der Waals surface area (Å²) in [7, 11) is 0. The molecule has 2 aliphatic heterocycles. The normalized spacial score (nSPS) is 18.2. The minimum Gasteiger partial charge on any atom is -0.383 e. The Morgan fingerprint density at radius 2 is 1.78 bits per heavy atom. The van der Waals surface area contributed by atoms with Crippen molar-refractivity contribution < 1.29 is 9.59 Å². The van der Waals surface area contributed by atoms with Gasteiger partial charge in [-0.1, -0.05) is 30.3 Å². The van der Waals surface area contributed by atoms with Gasteiger partial charge in [0, 0.05) is 43.2 Å². The van der Waals surface area contributed by atoms with Gasteiger partial charge in [-0.15, -0.1) is 0 Å². The second-order valence-electron chi connectivity index (χ2n) is 9.19. The molecule has 0 aliphatic carbocycles. The molecule has 0 unspecified atom stereocenters. The summed E-state index contributed by atoms with van der Waals surface area (Å²) in [6.45, 7) is 7.71. The molecule has 5 nitrogen and oxygen atoms in total. The van der Waals surface area contributed by atoms with E-state index in [0.717, 1.165) is 57.4 Å². The summed E-state index contributed by atoms with van der Waals surface area (Å²) in [6, 6.07) is 12.5. The van der Waals surface area contributed by atoms with Crippen LogP contribution in [0, 0.1) is 13.8 Å². The molecule has 5 heteroatoms. The maximum atomic E-state index is 13.0. The van der Waals surface area contributed by atoms with Crippen LogP contribution in [-0.2, 0) is 17.6 Å². The molecular formula is C27H35N3O2. The van der Waals surface area contributed by atoms with Gasteiger partial charge in [0.2, 0.25) is 5.91 Å². The molecule has 1 saturated heterocycles. The Morgan fingerprint density at radius 1 is 1.03 bits per heavy atom. The third-order valence-electron chi connectivity index (χ3n) is 6.93. The van der Waals surface area contributed by atoms with E-state index in [0.29, 0.717) is 0 Å². The van der Waals surface area contributed by atoms with Crippen molar-refractivity contribution in [1.29, 1.82) is 0 Å².